The van der Waals surface area contributed by atoms with Gasteiger partial charge in [0.2, 0.25) is 5.88 Å². The van der Waals surface area contributed by atoms with Gasteiger partial charge in [-0.15, -0.1) is 0 Å². The van der Waals surface area contributed by atoms with Crippen LogP contribution in [0, 0.1) is 0 Å². The summed E-state index contributed by atoms with van der Waals surface area (Å²) in [6.07, 6.45) is 1.95. The molecule has 1 aromatic heterocycles. The van der Waals surface area contributed by atoms with Gasteiger partial charge >= 0.3 is 5.97 Å². The molecule has 0 aliphatic carbocycles. The van der Waals surface area contributed by atoms with Crippen molar-refractivity contribution in [1.29, 1.82) is 0 Å². The first-order chi connectivity index (χ1) is 9.15. The highest BCUT2D eigenvalue weighted by atomic mass is 16.5. The van der Waals surface area contributed by atoms with Crippen molar-refractivity contribution in [3.8, 4) is 5.88 Å². The van der Waals surface area contributed by atoms with Gasteiger partial charge in [0.25, 0.3) is 0 Å². The Morgan fingerprint density at radius 1 is 1.37 bits per heavy atom. The number of carbonyl (C=O) groups is 1. The molecule has 0 saturated carbocycles. The van der Waals surface area contributed by atoms with E-state index in [4.69, 9.17) is 25.1 Å². The zero-order chi connectivity index (χ0) is 14.1. The van der Waals surface area contributed by atoms with Gasteiger partial charge in [0.05, 0.1) is 37.3 Å². The van der Waals surface area contributed by atoms with Crippen molar-refractivity contribution in [1.82, 2.24) is 4.98 Å². The summed E-state index contributed by atoms with van der Waals surface area (Å²) >= 11 is 0. The molecule has 1 rings (SSSR count). The summed E-state index contributed by atoms with van der Waals surface area (Å²) in [5, 5.41) is 8.89. The van der Waals surface area contributed by atoms with Gasteiger partial charge in [-0.2, -0.15) is 0 Å². The standard InChI is InChI=1S/C12H18N2O5/c1-17-5-6-18-3-2-4-19-11-7-9(12(15)16)10(13)8-14-11/h7-8H,2-6,13H2,1H3,(H,15,16). The first kappa shape index (κ1) is 15.2. The Morgan fingerprint density at radius 3 is 2.84 bits per heavy atom. The van der Waals surface area contributed by atoms with Crippen LogP contribution >= 0.6 is 0 Å². The number of nitrogens with zero attached hydrogens (tertiary/aromatic N) is 1. The molecular formula is C12H18N2O5. The summed E-state index contributed by atoms with van der Waals surface area (Å²) in [7, 11) is 1.61. The number of carboxylic acids is 1. The number of hydrogen-bond donors (Lipinski definition) is 2. The van der Waals surface area contributed by atoms with E-state index >= 15 is 0 Å². The van der Waals surface area contributed by atoms with Crippen LogP contribution in [-0.4, -0.2) is 49.6 Å². The number of carboxylic acid groups (broad SMARTS) is 1. The maximum atomic E-state index is 10.9. The van der Waals surface area contributed by atoms with Crippen molar-refractivity contribution in [2.45, 2.75) is 6.42 Å². The van der Waals surface area contributed by atoms with Crippen LogP contribution < -0.4 is 10.5 Å². The Kier molecular flexibility index (Phi) is 6.62. The van der Waals surface area contributed by atoms with Crippen molar-refractivity contribution in [3.63, 3.8) is 0 Å². The molecule has 0 aromatic carbocycles. The molecule has 19 heavy (non-hydrogen) atoms. The summed E-state index contributed by atoms with van der Waals surface area (Å²) in [4.78, 5) is 14.8. The normalized spacial score (nSPS) is 10.4. The van der Waals surface area contributed by atoms with Gasteiger partial charge in [-0.1, -0.05) is 0 Å². The predicted octanol–water partition coefficient (Wildman–Crippen LogP) is 0.794. The molecule has 106 valence electrons. The maximum absolute atomic E-state index is 10.9. The lowest BCUT2D eigenvalue weighted by molar-refractivity contribution is 0.0641. The van der Waals surface area contributed by atoms with Gasteiger partial charge in [-0.25, -0.2) is 9.78 Å². The Bertz CT molecular complexity index is 411. The number of nitrogens with two attached hydrogens (primary N) is 1. The van der Waals surface area contributed by atoms with Gasteiger partial charge in [0.15, 0.2) is 0 Å². The molecule has 0 radical (unpaired) electrons. The molecule has 0 fully saturated rings. The molecule has 0 aliphatic rings. The van der Waals surface area contributed by atoms with Crippen molar-refractivity contribution >= 4 is 11.7 Å². The zero-order valence-electron chi connectivity index (χ0n) is 10.8. The Balaban J connectivity index is 2.30. The fourth-order valence-electron chi connectivity index (χ4n) is 1.29. The number of aromatic carboxylic acids is 1. The third-order valence-corrected chi connectivity index (χ3v) is 2.25. The van der Waals surface area contributed by atoms with Crippen LogP contribution in [0.25, 0.3) is 0 Å². The molecule has 0 unspecified atom stereocenters. The first-order valence-corrected chi connectivity index (χ1v) is 5.83. The molecule has 0 saturated heterocycles. The molecule has 7 nitrogen and oxygen atoms in total. The van der Waals surface area contributed by atoms with Crippen LogP contribution in [0.15, 0.2) is 12.3 Å². The molecule has 0 atom stereocenters. The van der Waals surface area contributed by atoms with Gasteiger partial charge in [-0.05, 0) is 0 Å². The summed E-state index contributed by atoms with van der Waals surface area (Å²) in [5.41, 5.74) is 5.58. The fourth-order valence-corrected chi connectivity index (χ4v) is 1.29. The largest absolute Gasteiger partial charge is 0.478 e. The van der Waals surface area contributed by atoms with E-state index in [1.807, 2.05) is 0 Å². The average Bonchev–Trinajstić information content (AvgIpc) is 2.39. The third kappa shape index (κ3) is 5.54. The minimum Gasteiger partial charge on any atom is -0.478 e. The Hall–Kier alpha value is -1.86. The number of methoxy groups -OCH3 is 1. The van der Waals surface area contributed by atoms with Crippen LogP contribution in [0.2, 0.25) is 0 Å². The van der Waals surface area contributed by atoms with E-state index in [2.05, 4.69) is 4.98 Å². The number of hydrogen-bond acceptors (Lipinski definition) is 6. The SMILES string of the molecule is COCCOCCCOc1cc(C(=O)O)c(N)cn1. The number of anilines is 1. The average molecular weight is 270 g/mol. The lowest BCUT2D eigenvalue weighted by atomic mass is 10.2. The molecule has 7 heteroatoms. The lowest BCUT2D eigenvalue weighted by Crippen LogP contribution is -2.08. The number of ether oxygens (including phenoxy) is 3. The van der Waals surface area contributed by atoms with E-state index in [0.717, 1.165) is 0 Å². The van der Waals surface area contributed by atoms with Gasteiger partial charge in [0.1, 0.15) is 0 Å². The lowest BCUT2D eigenvalue weighted by Gasteiger charge is -2.07. The fraction of sp³-hybridized carbons (Fsp3) is 0.500. The Labute approximate surface area is 111 Å². The van der Waals surface area contributed by atoms with Crippen LogP contribution in [0.4, 0.5) is 5.69 Å². The predicted molar refractivity (Wildman–Crippen MR) is 68.4 cm³/mol. The number of nitrogen functional groups attached to an aromatic ring is 1. The second-order valence-electron chi connectivity index (χ2n) is 3.72. The zero-order valence-corrected chi connectivity index (χ0v) is 10.8. The highest BCUT2D eigenvalue weighted by Gasteiger charge is 2.10. The van der Waals surface area contributed by atoms with E-state index in [9.17, 15) is 4.79 Å². The highest BCUT2D eigenvalue weighted by molar-refractivity contribution is 5.93. The van der Waals surface area contributed by atoms with Crippen molar-refractivity contribution in [2.24, 2.45) is 0 Å². The monoisotopic (exact) mass is 270 g/mol. The summed E-state index contributed by atoms with van der Waals surface area (Å²) in [6.45, 7) is 2.04. The van der Waals surface area contributed by atoms with Crippen molar-refractivity contribution in [3.05, 3.63) is 17.8 Å². The molecule has 0 bridgehead atoms. The summed E-state index contributed by atoms with van der Waals surface area (Å²) in [6, 6.07) is 1.31. The van der Waals surface area contributed by atoms with Crippen molar-refractivity contribution in [2.75, 3.05) is 39.3 Å². The Morgan fingerprint density at radius 2 is 2.16 bits per heavy atom. The molecule has 0 amide bonds. The molecule has 1 heterocycles. The second kappa shape index (κ2) is 8.28. The highest BCUT2D eigenvalue weighted by Crippen LogP contribution is 2.16. The van der Waals surface area contributed by atoms with Crippen LogP contribution in [0.5, 0.6) is 5.88 Å². The van der Waals surface area contributed by atoms with E-state index < -0.39 is 5.97 Å². The number of aromatic nitrogens is 1. The van der Waals surface area contributed by atoms with Crippen LogP contribution in [0.1, 0.15) is 16.8 Å². The van der Waals surface area contributed by atoms with Crippen LogP contribution in [-0.2, 0) is 9.47 Å². The van der Waals surface area contributed by atoms with E-state index in [-0.39, 0.29) is 17.1 Å². The molecule has 3 N–H and O–H groups in total. The van der Waals surface area contributed by atoms with E-state index in [0.29, 0.717) is 32.8 Å². The molecule has 0 spiro atoms. The van der Waals surface area contributed by atoms with Crippen LogP contribution in [0.3, 0.4) is 0 Å². The van der Waals surface area contributed by atoms with E-state index in [1.54, 1.807) is 7.11 Å². The maximum Gasteiger partial charge on any atom is 0.338 e. The minimum absolute atomic E-state index is 0.0126. The summed E-state index contributed by atoms with van der Waals surface area (Å²) in [5.74, 6) is -0.865. The topological polar surface area (TPSA) is 104 Å². The number of pyridine rings is 1. The van der Waals surface area contributed by atoms with Gasteiger partial charge < -0.3 is 25.1 Å². The van der Waals surface area contributed by atoms with Gasteiger partial charge in [0, 0.05) is 26.2 Å². The molecule has 0 aliphatic heterocycles. The molecular weight excluding hydrogens is 252 g/mol. The third-order valence-electron chi connectivity index (χ3n) is 2.25. The molecule has 1 aromatic rings. The second-order valence-corrected chi connectivity index (χ2v) is 3.72. The van der Waals surface area contributed by atoms with E-state index in [1.165, 1.54) is 12.3 Å². The smallest absolute Gasteiger partial charge is 0.338 e. The first-order valence-electron chi connectivity index (χ1n) is 5.83. The quantitative estimate of drug-likeness (QED) is 0.639. The van der Waals surface area contributed by atoms with Crippen molar-refractivity contribution < 1.29 is 24.1 Å². The number of rotatable bonds is 9. The van der Waals surface area contributed by atoms with Gasteiger partial charge in [-0.3, -0.25) is 0 Å². The summed E-state index contributed by atoms with van der Waals surface area (Å²) < 4.78 is 15.4. The minimum atomic E-state index is -1.10.